The Hall–Kier alpha value is -1.10. The zero-order valence-corrected chi connectivity index (χ0v) is 13.5. The second-order valence-corrected chi connectivity index (χ2v) is 6.20. The fraction of sp³-hybridized carbons (Fsp3) is 0.562. The number of halogens is 1. The number of amides is 1. The summed E-state index contributed by atoms with van der Waals surface area (Å²) in [5.41, 5.74) is 1.78. The third kappa shape index (κ3) is 4.99. The average Bonchev–Trinajstić information content (AvgIpc) is 2.45. The van der Waals surface area contributed by atoms with E-state index in [-0.39, 0.29) is 5.91 Å². The predicted octanol–water partition coefficient (Wildman–Crippen LogP) is 2.52. The first kappa shape index (κ1) is 16.3. The molecule has 0 atom stereocenters. The number of nitrogens with one attached hydrogen (secondary N) is 2. The molecule has 2 rings (SSSR count). The summed E-state index contributed by atoms with van der Waals surface area (Å²) in [6.07, 6.45) is 2.31. The molecule has 1 aliphatic heterocycles. The zero-order chi connectivity index (χ0) is 15.2. The van der Waals surface area contributed by atoms with Gasteiger partial charge in [0.1, 0.15) is 0 Å². The lowest BCUT2D eigenvalue weighted by molar-refractivity contribution is -0.117. The van der Waals surface area contributed by atoms with Crippen LogP contribution in [0, 0.1) is 12.8 Å². The van der Waals surface area contributed by atoms with Crippen molar-refractivity contribution in [1.82, 2.24) is 10.2 Å². The van der Waals surface area contributed by atoms with Gasteiger partial charge in [-0.05, 0) is 70.1 Å². The van der Waals surface area contributed by atoms with Gasteiger partial charge < -0.3 is 10.6 Å². The summed E-state index contributed by atoms with van der Waals surface area (Å²) in [4.78, 5) is 14.3. The van der Waals surface area contributed by atoms with Gasteiger partial charge in [0.05, 0.1) is 6.54 Å². The molecule has 2 N–H and O–H groups in total. The number of carbonyl (C=O) groups excluding carboxylic acids is 1. The molecule has 1 saturated heterocycles. The van der Waals surface area contributed by atoms with Gasteiger partial charge in [0.2, 0.25) is 5.91 Å². The van der Waals surface area contributed by atoms with Crippen LogP contribution < -0.4 is 10.6 Å². The molecule has 1 heterocycles. The van der Waals surface area contributed by atoms with E-state index in [9.17, 15) is 4.79 Å². The molecule has 1 aromatic rings. The van der Waals surface area contributed by atoms with Crippen molar-refractivity contribution in [3.63, 3.8) is 0 Å². The molecule has 0 bridgehead atoms. The number of anilines is 1. The molecule has 0 unspecified atom stereocenters. The molecule has 5 heteroatoms. The summed E-state index contributed by atoms with van der Waals surface area (Å²) in [7, 11) is 1.99. The van der Waals surface area contributed by atoms with Crippen LogP contribution in [-0.4, -0.2) is 44.0 Å². The molecule has 116 valence electrons. The Balaban J connectivity index is 1.78. The van der Waals surface area contributed by atoms with Gasteiger partial charge in [-0.25, -0.2) is 0 Å². The van der Waals surface area contributed by atoms with Gasteiger partial charge in [0.15, 0.2) is 0 Å². The van der Waals surface area contributed by atoms with Crippen molar-refractivity contribution < 1.29 is 4.79 Å². The highest BCUT2D eigenvalue weighted by atomic mass is 35.5. The number of nitrogens with zero attached hydrogens (tertiary/aromatic N) is 1. The highest BCUT2D eigenvalue weighted by molar-refractivity contribution is 6.31. The highest BCUT2D eigenvalue weighted by Crippen LogP contribution is 2.20. The maximum Gasteiger partial charge on any atom is 0.238 e. The van der Waals surface area contributed by atoms with Crippen molar-refractivity contribution in [2.24, 2.45) is 5.92 Å². The third-order valence-electron chi connectivity index (χ3n) is 4.02. The van der Waals surface area contributed by atoms with Crippen LogP contribution in [0.5, 0.6) is 0 Å². The first-order chi connectivity index (χ1) is 10.1. The number of likely N-dealkylation sites (tertiary alicyclic amines) is 1. The topological polar surface area (TPSA) is 44.4 Å². The second-order valence-electron chi connectivity index (χ2n) is 5.79. The van der Waals surface area contributed by atoms with Gasteiger partial charge in [-0.15, -0.1) is 0 Å². The Morgan fingerprint density at radius 1 is 1.38 bits per heavy atom. The molecule has 1 aromatic carbocycles. The first-order valence-electron chi connectivity index (χ1n) is 7.51. The van der Waals surface area contributed by atoms with Crippen LogP contribution in [0.4, 0.5) is 5.69 Å². The summed E-state index contributed by atoms with van der Waals surface area (Å²) in [5, 5.41) is 6.82. The van der Waals surface area contributed by atoms with Gasteiger partial charge in [0.25, 0.3) is 0 Å². The summed E-state index contributed by atoms with van der Waals surface area (Å²) in [5.74, 6) is 0.771. The van der Waals surface area contributed by atoms with Gasteiger partial charge >= 0.3 is 0 Å². The van der Waals surface area contributed by atoms with Crippen LogP contribution in [0.15, 0.2) is 18.2 Å². The molecule has 1 amide bonds. The third-order valence-corrected chi connectivity index (χ3v) is 4.43. The number of hydrogen-bond donors (Lipinski definition) is 2. The Kier molecular flexibility index (Phi) is 6.03. The summed E-state index contributed by atoms with van der Waals surface area (Å²) >= 11 is 6.07. The van der Waals surface area contributed by atoms with Gasteiger partial charge in [-0.3, -0.25) is 9.69 Å². The van der Waals surface area contributed by atoms with Crippen molar-refractivity contribution in [1.29, 1.82) is 0 Å². The van der Waals surface area contributed by atoms with Crippen LogP contribution >= 0.6 is 11.6 Å². The van der Waals surface area contributed by atoms with Crippen molar-refractivity contribution >= 4 is 23.2 Å². The van der Waals surface area contributed by atoms with E-state index in [0.717, 1.165) is 49.6 Å². The van der Waals surface area contributed by atoms with Crippen LogP contribution in [-0.2, 0) is 4.79 Å². The van der Waals surface area contributed by atoms with Crippen molar-refractivity contribution in [2.75, 3.05) is 38.5 Å². The molecule has 0 aromatic heterocycles. The van der Waals surface area contributed by atoms with Gasteiger partial charge in [-0.2, -0.15) is 0 Å². The number of carbonyl (C=O) groups is 1. The van der Waals surface area contributed by atoms with Crippen molar-refractivity contribution in [2.45, 2.75) is 19.8 Å². The molecular formula is C16H24ClN3O. The molecule has 4 nitrogen and oxygen atoms in total. The smallest absolute Gasteiger partial charge is 0.238 e. The van der Waals surface area contributed by atoms with E-state index < -0.39 is 0 Å². The maximum atomic E-state index is 12.1. The minimum Gasteiger partial charge on any atom is -0.325 e. The minimum absolute atomic E-state index is 0.0296. The normalized spacial score (nSPS) is 16.9. The monoisotopic (exact) mass is 309 g/mol. The largest absolute Gasteiger partial charge is 0.325 e. The molecule has 21 heavy (non-hydrogen) atoms. The Morgan fingerprint density at radius 3 is 2.71 bits per heavy atom. The van der Waals surface area contributed by atoms with E-state index in [4.69, 9.17) is 11.6 Å². The number of benzene rings is 1. The van der Waals surface area contributed by atoms with Crippen molar-refractivity contribution in [3.05, 3.63) is 28.8 Å². The number of aryl methyl sites for hydroxylation is 1. The van der Waals surface area contributed by atoms with E-state index in [1.54, 1.807) is 6.07 Å². The molecular weight excluding hydrogens is 286 g/mol. The zero-order valence-electron chi connectivity index (χ0n) is 12.8. The molecule has 0 saturated carbocycles. The lowest BCUT2D eigenvalue weighted by Gasteiger charge is -2.31. The van der Waals surface area contributed by atoms with Crippen LogP contribution in [0.25, 0.3) is 0 Å². The molecule has 1 aliphatic rings. The summed E-state index contributed by atoms with van der Waals surface area (Å²) in [6, 6.07) is 5.60. The van der Waals surface area contributed by atoms with E-state index in [0.29, 0.717) is 11.6 Å². The highest BCUT2D eigenvalue weighted by Gasteiger charge is 2.20. The summed E-state index contributed by atoms with van der Waals surface area (Å²) in [6.45, 7) is 5.46. The van der Waals surface area contributed by atoms with Crippen LogP contribution in [0.3, 0.4) is 0 Å². The molecule has 0 spiro atoms. The predicted molar refractivity (Wildman–Crippen MR) is 87.9 cm³/mol. The average molecular weight is 310 g/mol. The van der Waals surface area contributed by atoms with E-state index in [2.05, 4.69) is 15.5 Å². The number of piperidine rings is 1. The first-order valence-corrected chi connectivity index (χ1v) is 7.89. The lowest BCUT2D eigenvalue weighted by atomic mass is 9.97. The molecule has 1 fully saturated rings. The quantitative estimate of drug-likeness (QED) is 0.878. The standard InChI is InChI=1S/C16H24ClN3O/c1-12-3-4-14(9-15(12)17)19-16(21)11-20-7-5-13(6-8-20)10-18-2/h3-4,9,13,18H,5-8,10-11H2,1-2H3,(H,19,21). The fourth-order valence-electron chi connectivity index (χ4n) is 2.71. The van der Waals surface area contributed by atoms with Crippen LogP contribution in [0.1, 0.15) is 18.4 Å². The van der Waals surface area contributed by atoms with E-state index in [1.165, 1.54) is 0 Å². The van der Waals surface area contributed by atoms with Crippen molar-refractivity contribution in [3.8, 4) is 0 Å². The Morgan fingerprint density at radius 2 is 2.10 bits per heavy atom. The summed E-state index contributed by atoms with van der Waals surface area (Å²) < 4.78 is 0. The van der Waals surface area contributed by atoms with Crippen LogP contribution in [0.2, 0.25) is 5.02 Å². The van der Waals surface area contributed by atoms with E-state index >= 15 is 0 Å². The molecule has 0 aliphatic carbocycles. The van der Waals surface area contributed by atoms with Gasteiger partial charge in [-0.1, -0.05) is 17.7 Å². The minimum atomic E-state index is 0.0296. The van der Waals surface area contributed by atoms with E-state index in [1.807, 2.05) is 26.1 Å². The number of rotatable bonds is 5. The van der Waals surface area contributed by atoms with Gasteiger partial charge in [0, 0.05) is 10.7 Å². The maximum absolute atomic E-state index is 12.1. The SMILES string of the molecule is CNCC1CCN(CC(=O)Nc2ccc(C)c(Cl)c2)CC1. The Labute approximate surface area is 131 Å². The lowest BCUT2D eigenvalue weighted by Crippen LogP contribution is -2.40. The number of hydrogen-bond acceptors (Lipinski definition) is 3. The molecule has 0 radical (unpaired) electrons. The fourth-order valence-corrected chi connectivity index (χ4v) is 2.89. The second kappa shape index (κ2) is 7.78. The Bertz CT molecular complexity index is 484.